The van der Waals surface area contributed by atoms with Crippen LogP contribution in [0.3, 0.4) is 0 Å². The number of quaternary nitrogens is 1. The van der Waals surface area contributed by atoms with Gasteiger partial charge in [-0.05, 0) is 64.2 Å². The van der Waals surface area contributed by atoms with Gasteiger partial charge in [-0.1, -0.05) is 154 Å². The largest absolute Gasteiger partial charge is 0.376 e. The summed E-state index contributed by atoms with van der Waals surface area (Å²) in [4.78, 5) is 13.5. The van der Waals surface area contributed by atoms with Gasteiger partial charge in [-0.25, -0.2) is 4.79 Å². The zero-order valence-corrected chi connectivity index (χ0v) is 32.6. The molecule has 0 spiro atoms. The molecule has 0 bridgehead atoms. The number of hydrogen-bond donors (Lipinski definition) is 2. The predicted molar refractivity (Wildman–Crippen MR) is 210 cm³/mol. The Labute approximate surface area is 300 Å². The van der Waals surface area contributed by atoms with Crippen LogP contribution in [0.15, 0.2) is 24.3 Å². The zero-order chi connectivity index (χ0) is 34.9. The van der Waals surface area contributed by atoms with Crippen molar-refractivity contribution in [3.05, 3.63) is 24.3 Å². The molecular weight excluding hydrogens is 592 g/mol. The number of amides is 1. The molecule has 0 aliphatic rings. The molecule has 3 N–H and O–H groups in total. The van der Waals surface area contributed by atoms with Gasteiger partial charge in [0.05, 0.1) is 19.6 Å². The summed E-state index contributed by atoms with van der Waals surface area (Å²) in [5.41, 5.74) is 5.67. The Morgan fingerprint density at radius 3 is 1.10 bits per heavy atom. The highest BCUT2D eigenvalue weighted by Crippen LogP contribution is 2.11. The van der Waals surface area contributed by atoms with Crippen LogP contribution in [-0.2, 0) is 14.3 Å². The topological polar surface area (TPSA) is 66.0 Å². The van der Waals surface area contributed by atoms with Gasteiger partial charge in [-0.2, -0.15) is 0 Å². The Balaban J connectivity index is 3.60. The van der Waals surface area contributed by atoms with Crippen molar-refractivity contribution in [2.45, 2.75) is 200 Å². The monoisotopic (exact) mass is 678 g/mol. The first-order valence-corrected chi connectivity index (χ1v) is 21.3. The second kappa shape index (κ2) is 42.2. The van der Waals surface area contributed by atoms with E-state index in [1.165, 1.54) is 167 Å². The van der Waals surface area contributed by atoms with Crippen LogP contribution in [0.4, 0.5) is 0 Å². The van der Waals surface area contributed by atoms with Gasteiger partial charge in [-0.15, -0.1) is 0 Å². The summed E-state index contributed by atoms with van der Waals surface area (Å²) >= 11 is 0. The van der Waals surface area contributed by atoms with E-state index in [0.717, 1.165) is 31.0 Å². The predicted octanol–water partition coefficient (Wildman–Crippen LogP) is 10.9. The number of carbonyl (C=O) groups excluding carboxylic acids is 1. The minimum atomic E-state index is 0.194. The average Bonchev–Trinajstić information content (AvgIpc) is 3.09. The molecule has 0 unspecified atom stereocenters. The number of nitrogens with two attached hydrogens (primary N) is 1. The summed E-state index contributed by atoms with van der Waals surface area (Å²) in [5, 5.41) is 0. The molecule has 284 valence electrons. The Morgan fingerprint density at radius 1 is 0.458 bits per heavy atom. The maximum absolute atomic E-state index is 12.6. The van der Waals surface area contributed by atoms with E-state index >= 15 is 0 Å². The second-order valence-electron chi connectivity index (χ2n) is 14.2. The van der Waals surface area contributed by atoms with Gasteiger partial charge < -0.3 is 15.2 Å². The lowest BCUT2D eigenvalue weighted by molar-refractivity contribution is -0.822. The van der Waals surface area contributed by atoms with E-state index in [9.17, 15) is 4.79 Å². The van der Waals surface area contributed by atoms with Gasteiger partial charge >= 0.3 is 5.91 Å². The van der Waals surface area contributed by atoms with E-state index in [2.05, 4.69) is 38.2 Å². The maximum atomic E-state index is 12.6. The number of rotatable bonds is 40. The van der Waals surface area contributed by atoms with Gasteiger partial charge in [0.1, 0.15) is 13.1 Å². The van der Waals surface area contributed by atoms with Gasteiger partial charge in [-0.3, -0.25) is 4.90 Å². The Kier molecular flexibility index (Phi) is 41.3. The lowest BCUT2D eigenvalue weighted by Gasteiger charge is -2.17. The van der Waals surface area contributed by atoms with Crippen molar-refractivity contribution >= 4 is 5.91 Å². The Bertz CT molecular complexity index is 633. The van der Waals surface area contributed by atoms with E-state index in [4.69, 9.17) is 15.2 Å². The summed E-state index contributed by atoms with van der Waals surface area (Å²) in [6.45, 7) is 9.25. The van der Waals surface area contributed by atoms with Crippen molar-refractivity contribution < 1.29 is 19.2 Å². The quantitative estimate of drug-likeness (QED) is 0.0500. The Morgan fingerprint density at radius 2 is 0.771 bits per heavy atom. The van der Waals surface area contributed by atoms with Crippen LogP contribution in [0.5, 0.6) is 0 Å². The minimum Gasteiger partial charge on any atom is -0.376 e. The number of nitrogens with one attached hydrogen (secondary N) is 1. The molecule has 5 nitrogen and oxygen atoms in total. The molecule has 0 rings (SSSR count). The van der Waals surface area contributed by atoms with Crippen molar-refractivity contribution in [1.82, 2.24) is 0 Å². The number of hydrogen-bond acceptors (Lipinski definition) is 4. The summed E-state index contributed by atoms with van der Waals surface area (Å²) < 4.78 is 11.8. The van der Waals surface area contributed by atoms with Gasteiger partial charge in [0.2, 0.25) is 0 Å². The van der Waals surface area contributed by atoms with E-state index in [-0.39, 0.29) is 5.91 Å². The van der Waals surface area contributed by atoms with Gasteiger partial charge in [0.25, 0.3) is 0 Å². The maximum Gasteiger partial charge on any atom is 0.313 e. The average molecular weight is 678 g/mol. The molecule has 0 saturated carbocycles. The van der Waals surface area contributed by atoms with Gasteiger partial charge in [0.15, 0.2) is 0 Å². The van der Waals surface area contributed by atoms with Crippen LogP contribution in [-0.4, -0.2) is 52.0 Å². The van der Waals surface area contributed by atoms with Crippen molar-refractivity contribution in [2.24, 2.45) is 5.73 Å². The van der Waals surface area contributed by atoms with E-state index in [1.54, 1.807) is 0 Å². The molecule has 5 heteroatoms. The molecule has 0 aliphatic heterocycles. The van der Waals surface area contributed by atoms with Crippen LogP contribution in [0.1, 0.15) is 200 Å². The van der Waals surface area contributed by atoms with Crippen LogP contribution >= 0.6 is 0 Å². The van der Waals surface area contributed by atoms with Gasteiger partial charge in [0, 0.05) is 19.8 Å². The highest BCUT2D eigenvalue weighted by molar-refractivity contribution is 5.66. The van der Waals surface area contributed by atoms with Crippen LogP contribution < -0.4 is 10.6 Å². The fourth-order valence-electron chi connectivity index (χ4n) is 6.21. The van der Waals surface area contributed by atoms with Crippen molar-refractivity contribution in [3.63, 3.8) is 0 Å². The third-order valence-electron chi connectivity index (χ3n) is 9.46. The van der Waals surface area contributed by atoms with Crippen LogP contribution in [0.25, 0.3) is 0 Å². The molecule has 0 aromatic heterocycles. The second-order valence-corrected chi connectivity index (χ2v) is 14.2. The lowest BCUT2D eigenvalue weighted by atomic mass is 10.1. The molecule has 0 fully saturated rings. The molecule has 0 heterocycles. The number of ether oxygens (including phenoxy) is 2. The van der Waals surface area contributed by atoms with E-state index < -0.39 is 0 Å². The summed E-state index contributed by atoms with van der Waals surface area (Å²) in [6.07, 6.45) is 46.9. The standard InChI is InChI=1S/C43H84N2O3/c1-3-5-7-9-11-13-15-17-19-21-23-25-27-29-31-33-39-47-41-37-45(43(46)35-36-44)38-42-48-40-34-32-30-28-26-24-22-20-18-16-14-12-10-8-6-4-2/h17-20H,3-16,21-42,44H2,1-2H3/p+1/b19-17-,20-18-. The molecule has 0 aromatic rings. The number of unbranched alkanes of at least 4 members (excludes halogenated alkanes) is 24. The fraction of sp³-hybridized carbons (Fsp3) is 0.884. The fourth-order valence-corrected chi connectivity index (χ4v) is 6.21. The molecule has 0 atom stereocenters. The van der Waals surface area contributed by atoms with Crippen LogP contribution in [0.2, 0.25) is 0 Å². The number of allylic oxidation sites excluding steroid dienone is 4. The first kappa shape index (κ1) is 47.0. The molecule has 1 amide bonds. The van der Waals surface area contributed by atoms with Crippen molar-refractivity contribution in [2.75, 3.05) is 46.1 Å². The van der Waals surface area contributed by atoms with E-state index in [1.807, 2.05) is 0 Å². The number of carbonyl (C=O) groups is 1. The van der Waals surface area contributed by atoms with Crippen molar-refractivity contribution in [1.29, 1.82) is 0 Å². The molecule has 0 aromatic carbocycles. The molecule has 0 aliphatic carbocycles. The van der Waals surface area contributed by atoms with E-state index in [0.29, 0.717) is 39.3 Å². The molecule has 48 heavy (non-hydrogen) atoms. The summed E-state index contributed by atoms with van der Waals surface area (Å²) in [7, 11) is 0. The highest BCUT2D eigenvalue weighted by Gasteiger charge is 2.18. The first-order chi connectivity index (χ1) is 23.8. The third-order valence-corrected chi connectivity index (χ3v) is 9.46. The minimum absolute atomic E-state index is 0.194. The lowest BCUT2D eigenvalue weighted by Crippen LogP contribution is -3.15. The smallest absolute Gasteiger partial charge is 0.313 e. The molecular formula is C43H85N2O3+. The molecule has 0 radical (unpaired) electrons. The summed E-state index contributed by atoms with van der Waals surface area (Å²) in [6, 6.07) is 0. The first-order valence-electron chi connectivity index (χ1n) is 21.3. The Hall–Kier alpha value is -1.01. The zero-order valence-electron chi connectivity index (χ0n) is 32.6. The molecule has 0 saturated heterocycles. The normalized spacial score (nSPS) is 12.0. The summed E-state index contributed by atoms with van der Waals surface area (Å²) in [5.74, 6) is 0.194. The SMILES string of the molecule is CCCCCCCC/C=C\CCCCCCCCOCC[NH+](CCOCCCCCCCC/C=C\CCCCCCCC)C(=O)CCN. The highest BCUT2D eigenvalue weighted by atomic mass is 16.5. The van der Waals surface area contributed by atoms with Crippen LogP contribution in [0, 0.1) is 0 Å². The van der Waals surface area contributed by atoms with Crippen molar-refractivity contribution in [3.8, 4) is 0 Å². The third kappa shape index (κ3) is 37.8.